The van der Waals surface area contributed by atoms with Crippen molar-refractivity contribution in [3.8, 4) is 0 Å². The van der Waals surface area contributed by atoms with Gasteiger partial charge in [0.15, 0.2) is 0 Å². The zero-order valence-corrected chi connectivity index (χ0v) is 9.32. The maximum Gasteiger partial charge on any atom is 0.303 e. The normalized spacial score (nSPS) is 27.9. The minimum Gasteiger partial charge on any atom is -0.481 e. The number of hydrogen-bond acceptors (Lipinski definition) is 2. The molecule has 0 aromatic carbocycles. The molecule has 2 aliphatic rings. The second-order valence-electron chi connectivity index (χ2n) is 4.93. The van der Waals surface area contributed by atoms with Crippen LogP contribution < -0.4 is 0 Å². The first-order valence-corrected chi connectivity index (χ1v) is 6.23. The Balaban J connectivity index is 1.72. The van der Waals surface area contributed by atoms with E-state index >= 15 is 0 Å². The highest BCUT2D eigenvalue weighted by Gasteiger charge is 2.34. The van der Waals surface area contributed by atoms with Crippen LogP contribution in [0.3, 0.4) is 0 Å². The number of hydrogen-bond donors (Lipinski definition) is 1. The van der Waals surface area contributed by atoms with Gasteiger partial charge in [-0.25, -0.2) is 0 Å². The van der Waals surface area contributed by atoms with Gasteiger partial charge in [-0.3, -0.25) is 4.79 Å². The molecule has 0 aromatic rings. The molecule has 3 nitrogen and oxygen atoms in total. The summed E-state index contributed by atoms with van der Waals surface area (Å²) in [6.45, 7) is 2.19. The van der Waals surface area contributed by atoms with Crippen molar-refractivity contribution < 1.29 is 9.90 Å². The summed E-state index contributed by atoms with van der Waals surface area (Å²) in [6.07, 6.45) is 8.02. The van der Waals surface area contributed by atoms with Crippen molar-refractivity contribution in [1.29, 1.82) is 0 Å². The molecule has 1 aliphatic carbocycles. The molecule has 86 valence electrons. The van der Waals surface area contributed by atoms with E-state index in [1.54, 1.807) is 0 Å². The Morgan fingerprint density at radius 3 is 2.67 bits per heavy atom. The Labute approximate surface area is 91.5 Å². The topological polar surface area (TPSA) is 40.5 Å². The third kappa shape index (κ3) is 2.71. The van der Waals surface area contributed by atoms with Crippen molar-refractivity contribution in [2.45, 2.75) is 51.0 Å². The maximum absolute atomic E-state index is 10.4. The van der Waals surface area contributed by atoms with E-state index in [9.17, 15) is 4.79 Å². The smallest absolute Gasteiger partial charge is 0.303 e. The number of aliphatic carboxylic acids is 1. The molecule has 0 aromatic heterocycles. The number of carbonyl (C=O) groups is 1. The summed E-state index contributed by atoms with van der Waals surface area (Å²) in [5.41, 5.74) is 0. The SMILES string of the molecule is O=C(O)CCCN1CCCC1C1CCC1. The molecule has 2 rings (SSSR count). The lowest BCUT2D eigenvalue weighted by Gasteiger charge is -2.37. The minimum atomic E-state index is -0.658. The Kier molecular flexibility index (Phi) is 3.62. The van der Waals surface area contributed by atoms with Gasteiger partial charge in [0.2, 0.25) is 0 Å². The van der Waals surface area contributed by atoms with E-state index < -0.39 is 5.97 Å². The maximum atomic E-state index is 10.4. The molecule has 3 heteroatoms. The monoisotopic (exact) mass is 211 g/mol. The van der Waals surface area contributed by atoms with Gasteiger partial charge in [-0.15, -0.1) is 0 Å². The largest absolute Gasteiger partial charge is 0.481 e. The molecule has 1 unspecified atom stereocenters. The Morgan fingerprint density at radius 2 is 2.07 bits per heavy atom. The van der Waals surface area contributed by atoms with Gasteiger partial charge in [-0.2, -0.15) is 0 Å². The van der Waals surface area contributed by atoms with Crippen LogP contribution in [0.2, 0.25) is 0 Å². The van der Waals surface area contributed by atoms with E-state index in [1.807, 2.05) is 0 Å². The average Bonchev–Trinajstić information content (AvgIpc) is 2.50. The second kappa shape index (κ2) is 4.97. The van der Waals surface area contributed by atoms with E-state index in [0.29, 0.717) is 6.42 Å². The number of carboxylic acids is 1. The van der Waals surface area contributed by atoms with Crippen molar-refractivity contribution >= 4 is 5.97 Å². The van der Waals surface area contributed by atoms with Crippen molar-refractivity contribution in [1.82, 2.24) is 4.90 Å². The zero-order chi connectivity index (χ0) is 10.7. The summed E-state index contributed by atoms with van der Waals surface area (Å²) < 4.78 is 0. The van der Waals surface area contributed by atoms with Gasteiger partial charge in [-0.1, -0.05) is 6.42 Å². The van der Waals surface area contributed by atoms with E-state index in [4.69, 9.17) is 5.11 Å². The van der Waals surface area contributed by atoms with Crippen LogP contribution in [0.1, 0.15) is 44.9 Å². The van der Waals surface area contributed by atoms with Gasteiger partial charge in [0.25, 0.3) is 0 Å². The first-order valence-electron chi connectivity index (χ1n) is 6.23. The lowest BCUT2D eigenvalue weighted by atomic mass is 9.79. The lowest BCUT2D eigenvalue weighted by Crippen LogP contribution is -2.39. The van der Waals surface area contributed by atoms with E-state index in [2.05, 4.69) is 4.90 Å². The van der Waals surface area contributed by atoms with Gasteiger partial charge >= 0.3 is 5.97 Å². The predicted molar refractivity (Wildman–Crippen MR) is 58.8 cm³/mol. The Morgan fingerprint density at radius 1 is 1.27 bits per heavy atom. The van der Waals surface area contributed by atoms with E-state index in [0.717, 1.165) is 24.9 Å². The molecule has 2 fully saturated rings. The lowest BCUT2D eigenvalue weighted by molar-refractivity contribution is -0.137. The predicted octanol–water partition coefficient (Wildman–Crippen LogP) is 2.12. The van der Waals surface area contributed by atoms with E-state index in [1.165, 1.54) is 38.6 Å². The molecule has 1 heterocycles. The average molecular weight is 211 g/mol. The van der Waals surface area contributed by atoms with Gasteiger partial charge in [-0.05, 0) is 51.1 Å². The summed E-state index contributed by atoms with van der Waals surface area (Å²) in [7, 11) is 0. The second-order valence-corrected chi connectivity index (χ2v) is 4.93. The summed E-state index contributed by atoms with van der Waals surface area (Å²) in [5.74, 6) is 0.270. The van der Waals surface area contributed by atoms with Crippen LogP contribution >= 0.6 is 0 Å². The summed E-state index contributed by atoms with van der Waals surface area (Å²) >= 11 is 0. The molecule has 1 atom stereocenters. The molecule has 1 N–H and O–H groups in total. The molecule has 1 saturated carbocycles. The first-order chi connectivity index (χ1) is 7.27. The third-order valence-electron chi connectivity index (χ3n) is 3.94. The number of rotatable bonds is 5. The van der Waals surface area contributed by atoms with Gasteiger partial charge in [0.05, 0.1) is 0 Å². The van der Waals surface area contributed by atoms with E-state index in [-0.39, 0.29) is 0 Å². The summed E-state index contributed by atoms with van der Waals surface area (Å²) in [4.78, 5) is 13.0. The van der Waals surface area contributed by atoms with Crippen molar-refractivity contribution in [3.63, 3.8) is 0 Å². The third-order valence-corrected chi connectivity index (χ3v) is 3.94. The molecule has 0 radical (unpaired) electrons. The Hall–Kier alpha value is -0.570. The summed E-state index contributed by atoms with van der Waals surface area (Å²) in [5, 5.41) is 8.60. The molecule has 0 bridgehead atoms. The van der Waals surface area contributed by atoms with Crippen LogP contribution in [0.4, 0.5) is 0 Å². The molecular weight excluding hydrogens is 190 g/mol. The Bertz CT molecular complexity index is 226. The molecule has 15 heavy (non-hydrogen) atoms. The van der Waals surface area contributed by atoms with Gasteiger partial charge in [0, 0.05) is 12.5 Å². The molecular formula is C12H21NO2. The fourth-order valence-electron chi connectivity index (χ4n) is 2.92. The molecule has 1 aliphatic heterocycles. The standard InChI is InChI=1S/C12H21NO2/c14-12(15)7-3-9-13-8-2-6-11(13)10-4-1-5-10/h10-11H,1-9H2,(H,14,15). The van der Waals surface area contributed by atoms with Crippen molar-refractivity contribution in [2.75, 3.05) is 13.1 Å². The fourth-order valence-corrected chi connectivity index (χ4v) is 2.92. The fraction of sp³-hybridized carbons (Fsp3) is 0.917. The molecule has 0 amide bonds. The highest BCUT2D eigenvalue weighted by molar-refractivity contribution is 5.66. The number of nitrogens with zero attached hydrogens (tertiary/aromatic N) is 1. The van der Waals surface area contributed by atoms with Crippen LogP contribution in [0.15, 0.2) is 0 Å². The first kappa shape index (κ1) is 10.9. The molecule has 1 saturated heterocycles. The van der Waals surface area contributed by atoms with Crippen LogP contribution in [-0.2, 0) is 4.79 Å². The quantitative estimate of drug-likeness (QED) is 0.757. The highest BCUT2D eigenvalue weighted by Crippen LogP contribution is 2.37. The van der Waals surface area contributed by atoms with Crippen LogP contribution in [0, 0.1) is 5.92 Å². The number of carboxylic acid groups (broad SMARTS) is 1. The van der Waals surface area contributed by atoms with Gasteiger partial charge in [0.1, 0.15) is 0 Å². The van der Waals surface area contributed by atoms with Crippen molar-refractivity contribution in [2.24, 2.45) is 5.92 Å². The zero-order valence-electron chi connectivity index (χ0n) is 9.32. The molecule has 0 spiro atoms. The highest BCUT2D eigenvalue weighted by atomic mass is 16.4. The van der Waals surface area contributed by atoms with Gasteiger partial charge < -0.3 is 10.0 Å². The minimum absolute atomic E-state index is 0.327. The van der Waals surface area contributed by atoms with Crippen LogP contribution in [-0.4, -0.2) is 35.1 Å². The van der Waals surface area contributed by atoms with Crippen LogP contribution in [0.25, 0.3) is 0 Å². The van der Waals surface area contributed by atoms with Crippen LogP contribution in [0.5, 0.6) is 0 Å². The summed E-state index contributed by atoms with van der Waals surface area (Å²) in [6, 6.07) is 0.785. The number of likely N-dealkylation sites (tertiary alicyclic amines) is 1. The van der Waals surface area contributed by atoms with Crippen molar-refractivity contribution in [3.05, 3.63) is 0 Å².